The number of epoxide rings is 1. The molecule has 1 atom stereocenters. The van der Waals surface area contributed by atoms with Gasteiger partial charge in [0.1, 0.15) is 0 Å². The number of piperidine rings is 1. The first-order valence-corrected chi connectivity index (χ1v) is 4.29. The summed E-state index contributed by atoms with van der Waals surface area (Å²) in [4.78, 5) is 2.53. The van der Waals surface area contributed by atoms with Crippen LogP contribution in [0.3, 0.4) is 0 Å². The van der Waals surface area contributed by atoms with Gasteiger partial charge in [0, 0.05) is 6.54 Å². The molecule has 0 aromatic heterocycles. The van der Waals surface area contributed by atoms with E-state index in [1.807, 2.05) is 0 Å². The predicted octanol–water partition coefficient (Wildman–Crippen LogP) is 1.45. The number of nitrogens with zero attached hydrogens (tertiary/aromatic N) is 1. The number of hydrogen-bond donors (Lipinski definition) is 0. The van der Waals surface area contributed by atoms with E-state index in [-0.39, 0.29) is 17.0 Å². The minimum absolute atomic E-state index is 0. The second-order valence-electron chi connectivity index (χ2n) is 3.32. The quantitative estimate of drug-likeness (QED) is 0.657. The summed E-state index contributed by atoms with van der Waals surface area (Å²) in [6.45, 7) is 4.82. The second-order valence-corrected chi connectivity index (χ2v) is 3.32. The standard InChI is InChI=1S/C8H15NO.BrH/c1-2-4-9(5-3-1)6-8-7-10-8;/h8H,1-7H2;1H. The van der Waals surface area contributed by atoms with Gasteiger partial charge in [0.15, 0.2) is 0 Å². The van der Waals surface area contributed by atoms with Crippen LogP contribution in [-0.4, -0.2) is 37.2 Å². The molecule has 0 amide bonds. The lowest BCUT2D eigenvalue weighted by molar-refractivity contribution is 0.207. The molecule has 2 nitrogen and oxygen atoms in total. The molecule has 0 N–H and O–H groups in total. The maximum absolute atomic E-state index is 5.17. The molecular formula is C8H16BrNO. The summed E-state index contributed by atoms with van der Waals surface area (Å²) in [7, 11) is 0. The molecule has 0 bridgehead atoms. The average Bonchev–Trinajstić information content (AvgIpc) is 2.74. The zero-order valence-electron chi connectivity index (χ0n) is 6.79. The third kappa shape index (κ3) is 3.09. The van der Waals surface area contributed by atoms with Crippen LogP contribution in [-0.2, 0) is 4.74 Å². The van der Waals surface area contributed by atoms with Crippen molar-refractivity contribution in [1.29, 1.82) is 0 Å². The Balaban J connectivity index is 0.000000605. The summed E-state index contributed by atoms with van der Waals surface area (Å²) in [6, 6.07) is 0. The SMILES string of the molecule is Br.C1CCN(CC2CO2)CC1. The van der Waals surface area contributed by atoms with E-state index in [0.29, 0.717) is 6.10 Å². The molecule has 2 fully saturated rings. The molecule has 66 valence electrons. The maximum atomic E-state index is 5.17. The van der Waals surface area contributed by atoms with Crippen LogP contribution in [0.5, 0.6) is 0 Å². The minimum atomic E-state index is 0. The Bertz CT molecular complexity index is 111. The summed E-state index contributed by atoms with van der Waals surface area (Å²) < 4.78 is 5.17. The van der Waals surface area contributed by atoms with E-state index in [1.165, 1.54) is 38.9 Å². The van der Waals surface area contributed by atoms with Crippen LogP contribution in [0.25, 0.3) is 0 Å². The van der Waals surface area contributed by atoms with Gasteiger partial charge in [-0.3, -0.25) is 0 Å². The smallest absolute Gasteiger partial charge is 0.0936 e. The first-order chi connectivity index (χ1) is 4.95. The fourth-order valence-electron chi connectivity index (χ4n) is 1.60. The molecule has 0 aromatic carbocycles. The van der Waals surface area contributed by atoms with Crippen LogP contribution in [0.4, 0.5) is 0 Å². The van der Waals surface area contributed by atoms with Gasteiger partial charge in [0.2, 0.25) is 0 Å². The van der Waals surface area contributed by atoms with E-state index in [2.05, 4.69) is 4.90 Å². The number of hydrogen-bond acceptors (Lipinski definition) is 2. The van der Waals surface area contributed by atoms with Crippen LogP contribution < -0.4 is 0 Å². The lowest BCUT2D eigenvalue weighted by Gasteiger charge is -2.25. The van der Waals surface area contributed by atoms with Gasteiger partial charge in [0.25, 0.3) is 0 Å². The lowest BCUT2D eigenvalue weighted by atomic mass is 10.1. The van der Waals surface area contributed by atoms with Crippen molar-refractivity contribution >= 4 is 17.0 Å². The molecule has 2 rings (SSSR count). The largest absolute Gasteiger partial charge is 0.372 e. The lowest BCUT2D eigenvalue weighted by Crippen LogP contribution is -2.32. The highest BCUT2D eigenvalue weighted by Gasteiger charge is 2.25. The monoisotopic (exact) mass is 221 g/mol. The van der Waals surface area contributed by atoms with Crippen LogP contribution in [0.2, 0.25) is 0 Å². The Morgan fingerprint density at radius 1 is 1.18 bits per heavy atom. The first-order valence-electron chi connectivity index (χ1n) is 4.29. The predicted molar refractivity (Wildman–Crippen MR) is 50.4 cm³/mol. The normalized spacial score (nSPS) is 31.1. The maximum Gasteiger partial charge on any atom is 0.0936 e. The fraction of sp³-hybridized carbons (Fsp3) is 1.00. The van der Waals surface area contributed by atoms with Crippen LogP contribution in [0.15, 0.2) is 0 Å². The molecule has 0 saturated carbocycles. The number of rotatable bonds is 2. The number of likely N-dealkylation sites (tertiary alicyclic amines) is 1. The Kier molecular flexibility index (Phi) is 3.82. The van der Waals surface area contributed by atoms with Gasteiger partial charge in [-0.2, -0.15) is 0 Å². The van der Waals surface area contributed by atoms with Crippen LogP contribution >= 0.6 is 17.0 Å². The highest BCUT2D eigenvalue weighted by molar-refractivity contribution is 8.93. The van der Waals surface area contributed by atoms with Gasteiger partial charge in [-0.15, -0.1) is 17.0 Å². The van der Waals surface area contributed by atoms with Crippen molar-refractivity contribution in [2.24, 2.45) is 0 Å². The van der Waals surface area contributed by atoms with Gasteiger partial charge in [-0.25, -0.2) is 0 Å². The van der Waals surface area contributed by atoms with E-state index in [1.54, 1.807) is 0 Å². The highest BCUT2D eigenvalue weighted by Crippen LogP contribution is 2.14. The Morgan fingerprint density at radius 2 is 1.82 bits per heavy atom. The summed E-state index contributed by atoms with van der Waals surface area (Å²) in [5.41, 5.74) is 0. The van der Waals surface area contributed by atoms with Crippen molar-refractivity contribution in [2.75, 3.05) is 26.2 Å². The van der Waals surface area contributed by atoms with Gasteiger partial charge in [0.05, 0.1) is 12.7 Å². The highest BCUT2D eigenvalue weighted by atomic mass is 79.9. The second kappa shape index (κ2) is 4.43. The van der Waals surface area contributed by atoms with E-state index in [9.17, 15) is 0 Å². The van der Waals surface area contributed by atoms with Crippen molar-refractivity contribution in [3.8, 4) is 0 Å². The van der Waals surface area contributed by atoms with E-state index in [0.717, 1.165) is 6.61 Å². The summed E-state index contributed by atoms with van der Waals surface area (Å²) >= 11 is 0. The Labute approximate surface area is 78.7 Å². The molecular weight excluding hydrogens is 206 g/mol. The summed E-state index contributed by atoms with van der Waals surface area (Å²) in [6.07, 6.45) is 4.82. The summed E-state index contributed by atoms with van der Waals surface area (Å²) in [5, 5.41) is 0. The molecule has 2 aliphatic rings. The fourth-order valence-corrected chi connectivity index (χ4v) is 1.60. The molecule has 0 aliphatic carbocycles. The molecule has 0 spiro atoms. The first kappa shape index (κ1) is 9.49. The van der Waals surface area contributed by atoms with E-state index in [4.69, 9.17) is 4.74 Å². The van der Waals surface area contributed by atoms with Crippen molar-refractivity contribution in [2.45, 2.75) is 25.4 Å². The van der Waals surface area contributed by atoms with E-state index < -0.39 is 0 Å². The molecule has 3 heteroatoms. The molecule has 11 heavy (non-hydrogen) atoms. The van der Waals surface area contributed by atoms with Gasteiger partial charge >= 0.3 is 0 Å². The van der Waals surface area contributed by atoms with Crippen molar-refractivity contribution in [3.05, 3.63) is 0 Å². The van der Waals surface area contributed by atoms with Crippen molar-refractivity contribution < 1.29 is 4.74 Å². The zero-order chi connectivity index (χ0) is 6.81. The Morgan fingerprint density at radius 3 is 2.36 bits per heavy atom. The molecule has 1 unspecified atom stereocenters. The third-order valence-electron chi connectivity index (χ3n) is 2.31. The Hall–Kier alpha value is 0.400. The molecule has 2 saturated heterocycles. The average molecular weight is 222 g/mol. The molecule has 2 aliphatic heterocycles. The minimum Gasteiger partial charge on any atom is -0.372 e. The van der Waals surface area contributed by atoms with Gasteiger partial charge < -0.3 is 9.64 Å². The topological polar surface area (TPSA) is 15.8 Å². The zero-order valence-corrected chi connectivity index (χ0v) is 8.50. The van der Waals surface area contributed by atoms with E-state index >= 15 is 0 Å². The third-order valence-corrected chi connectivity index (χ3v) is 2.31. The summed E-state index contributed by atoms with van der Waals surface area (Å²) in [5.74, 6) is 0. The molecule has 0 radical (unpaired) electrons. The molecule has 2 heterocycles. The number of ether oxygens (including phenoxy) is 1. The van der Waals surface area contributed by atoms with Gasteiger partial charge in [-0.05, 0) is 25.9 Å². The van der Waals surface area contributed by atoms with Crippen molar-refractivity contribution in [3.63, 3.8) is 0 Å². The van der Waals surface area contributed by atoms with Gasteiger partial charge in [-0.1, -0.05) is 6.42 Å². The van der Waals surface area contributed by atoms with Crippen molar-refractivity contribution in [1.82, 2.24) is 4.90 Å². The number of halogens is 1. The van der Waals surface area contributed by atoms with Crippen LogP contribution in [0.1, 0.15) is 19.3 Å². The van der Waals surface area contributed by atoms with Crippen LogP contribution in [0, 0.1) is 0 Å². The molecule has 0 aromatic rings.